The number of hydrazine groups is 1. The molecule has 3 aromatic rings. The van der Waals surface area contributed by atoms with E-state index in [1.54, 1.807) is 18.2 Å². The maximum atomic E-state index is 6.10. The van der Waals surface area contributed by atoms with Gasteiger partial charge in [0.15, 0.2) is 0 Å². The lowest BCUT2D eigenvalue weighted by molar-refractivity contribution is 0.469. The lowest BCUT2D eigenvalue weighted by Crippen LogP contribution is -2.10. The molecule has 0 radical (unpaired) electrons. The molecule has 1 aromatic carbocycles. The first-order valence-corrected chi connectivity index (χ1v) is 7.16. The molecule has 20 heavy (non-hydrogen) atoms. The Bertz CT molecular complexity index is 777. The summed E-state index contributed by atoms with van der Waals surface area (Å²) in [5.74, 6) is 6.42. The van der Waals surface area contributed by atoms with E-state index in [1.165, 1.54) is 11.3 Å². The number of ether oxygens (including phenoxy) is 1. The minimum atomic E-state index is 0.271. The van der Waals surface area contributed by atoms with Crippen molar-refractivity contribution in [2.24, 2.45) is 5.84 Å². The molecule has 0 atom stereocenters. The number of halogens is 2. The fourth-order valence-electron chi connectivity index (χ4n) is 1.64. The molecule has 3 N–H and O–H groups in total. The highest BCUT2D eigenvalue weighted by Gasteiger charge is 2.13. The zero-order valence-electron chi connectivity index (χ0n) is 9.93. The number of thiophene rings is 1. The predicted molar refractivity (Wildman–Crippen MR) is 81.8 cm³/mol. The maximum Gasteiger partial charge on any atom is 0.241 e. The third-order valence-corrected chi connectivity index (χ3v) is 4.15. The topological polar surface area (TPSA) is 73.1 Å². The van der Waals surface area contributed by atoms with Crippen molar-refractivity contribution in [3.63, 3.8) is 0 Å². The Hall–Kier alpha value is -1.60. The van der Waals surface area contributed by atoms with E-state index >= 15 is 0 Å². The first-order chi connectivity index (χ1) is 9.69. The van der Waals surface area contributed by atoms with Crippen molar-refractivity contribution in [1.82, 2.24) is 9.97 Å². The largest absolute Gasteiger partial charge is 0.437 e. The average Bonchev–Trinajstić information content (AvgIpc) is 2.92. The molecule has 0 fully saturated rings. The van der Waals surface area contributed by atoms with Crippen LogP contribution in [0.3, 0.4) is 0 Å². The van der Waals surface area contributed by atoms with Gasteiger partial charge < -0.3 is 4.74 Å². The summed E-state index contributed by atoms with van der Waals surface area (Å²) in [6.45, 7) is 0. The van der Waals surface area contributed by atoms with Crippen LogP contribution < -0.4 is 16.0 Å². The average molecular weight is 327 g/mol. The third-order valence-electron chi connectivity index (χ3n) is 2.54. The Morgan fingerprint density at radius 2 is 2.05 bits per heavy atom. The molecular formula is C12H8Cl2N4OS. The molecular weight excluding hydrogens is 319 g/mol. The van der Waals surface area contributed by atoms with Gasteiger partial charge in [0.25, 0.3) is 0 Å². The van der Waals surface area contributed by atoms with Crippen LogP contribution in [0.2, 0.25) is 10.0 Å². The van der Waals surface area contributed by atoms with Crippen LogP contribution in [0.25, 0.3) is 10.2 Å². The number of hydrogen-bond acceptors (Lipinski definition) is 6. The van der Waals surface area contributed by atoms with Crippen LogP contribution in [0.4, 0.5) is 5.95 Å². The molecule has 2 aromatic heterocycles. The molecule has 102 valence electrons. The fraction of sp³-hybridized carbons (Fsp3) is 0. The summed E-state index contributed by atoms with van der Waals surface area (Å²) in [5.41, 5.74) is 2.41. The van der Waals surface area contributed by atoms with E-state index in [4.69, 9.17) is 33.8 Å². The van der Waals surface area contributed by atoms with Crippen LogP contribution in [0, 0.1) is 0 Å². The lowest BCUT2D eigenvalue weighted by Gasteiger charge is -2.09. The van der Waals surface area contributed by atoms with Gasteiger partial charge in [0.1, 0.15) is 15.6 Å². The number of fused-ring (bicyclic) bond motifs is 1. The Kier molecular flexibility index (Phi) is 3.62. The summed E-state index contributed by atoms with van der Waals surface area (Å²) in [5, 5.41) is 3.42. The van der Waals surface area contributed by atoms with Gasteiger partial charge in [-0.3, -0.25) is 5.43 Å². The number of nitrogens with zero attached hydrogens (tertiary/aromatic N) is 2. The van der Waals surface area contributed by atoms with E-state index in [0.29, 0.717) is 21.7 Å². The highest BCUT2D eigenvalue weighted by atomic mass is 35.5. The van der Waals surface area contributed by atoms with Gasteiger partial charge in [0.05, 0.1) is 10.4 Å². The molecule has 0 unspecified atom stereocenters. The zero-order chi connectivity index (χ0) is 14.1. The van der Waals surface area contributed by atoms with Crippen molar-refractivity contribution in [3.8, 4) is 11.6 Å². The van der Waals surface area contributed by atoms with E-state index in [0.717, 1.165) is 10.2 Å². The normalized spacial score (nSPS) is 10.8. The zero-order valence-corrected chi connectivity index (χ0v) is 12.3. The minimum Gasteiger partial charge on any atom is -0.437 e. The minimum absolute atomic E-state index is 0.271. The van der Waals surface area contributed by atoms with Crippen LogP contribution in [0.15, 0.2) is 29.6 Å². The van der Waals surface area contributed by atoms with E-state index in [2.05, 4.69) is 15.4 Å². The Labute approximate surface area is 128 Å². The van der Waals surface area contributed by atoms with Crippen LogP contribution in [0.1, 0.15) is 0 Å². The van der Waals surface area contributed by atoms with Gasteiger partial charge in [0, 0.05) is 0 Å². The summed E-state index contributed by atoms with van der Waals surface area (Å²) >= 11 is 13.5. The Morgan fingerprint density at radius 3 is 2.85 bits per heavy atom. The molecule has 0 spiro atoms. The van der Waals surface area contributed by atoms with Crippen LogP contribution >= 0.6 is 34.5 Å². The molecule has 0 aliphatic rings. The maximum absolute atomic E-state index is 6.10. The van der Waals surface area contributed by atoms with Crippen molar-refractivity contribution in [2.45, 2.75) is 0 Å². The second kappa shape index (κ2) is 5.41. The predicted octanol–water partition coefficient (Wildman–Crippen LogP) is 4.08. The fourth-order valence-corrected chi connectivity index (χ4v) is 2.72. The summed E-state index contributed by atoms with van der Waals surface area (Å²) in [7, 11) is 0. The first-order valence-electron chi connectivity index (χ1n) is 5.53. The number of nitrogen functional groups attached to an aromatic ring is 1. The monoisotopic (exact) mass is 326 g/mol. The molecule has 3 rings (SSSR count). The standard InChI is InChI=1S/C12H8Cl2N4OS/c13-7-2-1-3-8(9(7)14)19-10-6-4-5-20-11(6)17-12(16-10)18-15/h1-5H,15H2,(H,16,17,18). The Morgan fingerprint density at radius 1 is 1.20 bits per heavy atom. The molecule has 0 aliphatic carbocycles. The summed E-state index contributed by atoms with van der Waals surface area (Å²) in [6.07, 6.45) is 0. The van der Waals surface area contributed by atoms with Crippen molar-refractivity contribution < 1.29 is 4.74 Å². The van der Waals surface area contributed by atoms with Gasteiger partial charge in [-0.25, -0.2) is 10.8 Å². The highest BCUT2D eigenvalue weighted by molar-refractivity contribution is 7.16. The van der Waals surface area contributed by atoms with Crippen LogP contribution in [-0.4, -0.2) is 9.97 Å². The van der Waals surface area contributed by atoms with Gasteiger partial charge >= 0.3 is 0 Å². The SMILES string of the molecule is NNc1nc(Oc2cccc(Cl)c2Cl)c2ccsc2n1. The van der Waals surface area contributed by atoms with E-state index < -0.39 is 0 Å². The van der Waals surface area contributed by atoms with Gasteiger partial charge in [-0.15, -0.1) is 11.3 Å². The van der Waals surface area contributed by atoms with E-state index in [-0.39, 0.29) is 5.95 Å². The third kappa shape index (κ3) is 2.38. The van der Waals surface area contributed by atoms with Gasteiger partial charge in [-0.2, -0.15) is 4.98 Å². The Balaban J connectivity index is 2.10. The highest BCUT2D eigenvalue weighted by Crippen LogP contribution is 2.37. The first kappa shape index (κ1) is 13.4. The van der Waals surface area contributed by atoms with Crippen LogP contribution in [0.5, 0.6) is 11.6 Å². The number of benzene rings is 1. The molecule has 0 amide bonds. The van der Waals surface area contributed by atoms with Crippen LogP contribution in [-0.2, 0) is 0 Å². The van der Waals surface area contributed by atoms with Crippen molar-refractivity contribution >= 4 is 50.7 Å². The van der Waals surface area contributed by atoms with Gasteiger partial charge in [0.2, 0.25) is 11.8 Å². The molecule has 2 heterocycles. The molecule has 0 saturated carbocycles. The smallest absolute Gasteiger partial charge is 0.241 e. The second-order valence-corrected chi connectivity index (χ2v) is 5.47. The lowest BCUT2D eigenvalue weighted by atomic mass is 10.3. The number of aromatic nitrogens is 2. The molecule has 0 saturated heterocycles. The van der Waals surface area contributed by atoms with E-state index in [1.807, 2.05) is 11.4 Å². The second-order valence-electron chi connectivity index (χ2n) is 3.79. The molecule has 5 nitrogen and oxygen atoms in total. The molecule has 0 aliphatic heterocycles. The quantitative estimate of drug-likeness (QED) is 0.560. The summed E-state index contributed by atoms with van der Waals surface area (Å²) < 4.78 is 5.75. The number of hydrogen-bond donors (Lipinski definition) is 2. The molecule has 0 bridgehead atoms. The molecule has 8 heteroatoms. The van der Waals surface area contributed by atoms with Crippen molar-refractivity contribution in [2.75, 3.05) is 5.43 Å². The van der Waals surface area contributed by atoms with Crippen molar-refractivity contribution in [3.05, 3.63) is 39.7 Å². The van der Waals surface area contributed by atoms with E-state index in [9.17, 15) is 0 Å². The number of nitrogens with one attached hydrogen (secondary N) is 1. The number of anilines is 1. The van der Waals surface area contributed by atoms with Crippen molar-refractivity contribution in [1.29, 1.82) is 0 Å². The number of nitrogens with two attached hydrogens (primary N) is 1. The van der Waals surface area contributed by atoms with Gasteiger partial charge in [-0.1, -0.05) is 29.3 Å². The number of rotatable bonds is 3. The summed E-state index contributed by atoms with van der Waals surface area (Å²) in [6, 6.07) is 7.01. The summed E-state index contributed by atoms with van der Waals surface area (Å²) in [4.78, 5) is 9.19. The van der Waals surface area contributed by atoms with Gasteiger partial charge in [-0.05, 0) is 23.6 Å².